The molecule has 9 heteroatoms. The van der Waals surface area contributed by atoms with E-state index >= 15 is 0 Å². The van der Waals surface area contributed by atoms with Crippen molar-refractivity contribution in [2.45, 2.75) is 23.8 Å². The summed E-state index contributed by atoms with van der Waals surface area (Å²) < 4.78 is 43.9. The Balaban J connectivity index is 1.48. The summed E-state index contributed by atoms with van der Waals surface area (Å²) in [5.41, 5.74) is 0.162. The summed E-state index contributed by atoms with van der Waals surface area (Å²) >= 11 is 0. The Labute approximate surface area is 175 Å². The molecule has 0 aliphatic carbocycles. The number of methoxy groups -OCH3 is 1. The molecule has 1 atom stereocenters. The number of hydrogen-bond acceptors (Lipinski definition) is 6. The van der Waals surface area contributed by atoms with Crippen LogP contribution in [0.3, 0.4) is 0 Å². The highest BCUT2D eigenvalue weighted by Gasteiger charge is 2.29. The first-order valence-electron chi connectivity index (χ1n) is 9.84. The number of carbonyl (C=O) groups is 1. The summed E-state index contributed by atoms with van der Waals surface area (Å²) in [6, 6.07) is 11.7. The summed E-state index contributed by atoms with van der Waals surface area (Å²) in [5, 5.41) is 2.79. The molecule has 0 spiro atoms. The van der Waals surface area contributed by atoms with Gasteiger partial charge in [0.05, 0.1) is 24.1 Å². The predicted octanol–water partition coefficient (Wildman–Crippen LogP) is 2.05. The maximum Gasteiger partial charge on any atom is 0.255 e. The number of ether oxygens (including phenoxy) is 3. The molecular formula is C21H24N2O6S. The Morgan fingerprint density at radius 2 is 1.90 bits per heavy atom. The molecule has 0 radical (unpaired) electrons. The normalized spacial score (nSPS) is 18.8. The number of hydrogen-bond donors (Lipinski definition) is 1. The second-order valence-electron chi connectivity index (χ2n) is 7.18. The van der Waals surface area contributed by atoms with Gasteiger partial charge in [0.1, 0.15) is 18.5 Å². The maximum absolute atomic E-state index is 12.8. The van der Waals surface area contributed by atoms with Crippen molar-refractivity contribution in [2.24, 2.45) is 0 Å². The Morgan fingerprint density at radius 3 is 2.63 bits per heavy atom. The highest BCUT2D eigenvalue weighted by atomic mass is 32.2. The average molecular weight is 432 g/mol. The third-order valence-corrected chi connectivity index (χ3v) is 7.07. The largest absolute Gasteiger partial charge is 0.496 e. The molecule has 2 aromatic rings. The van der Waals surface area contributed by atoms with Crippen molar-refractivity contribution >= 4 is 15.9 Å². The van der Waals surface area contributed by atoms with Gasteiger partial charge in [-0.05, 0) is 43.2 Å². The summed E-state index contributed by atoms with van der Waals surface area (Å²) in [7, 11) is -2.20. The van der Waals surface area contributed by atoms with Gasteiger partial charge in [0.2, 0.25) is 10.0 Å². The van der Waals surface area contributed by atoms with Crippen molar-refractivity contribution < 1.29 is 27.4 Å². The monoisotopic (exact) mass is 432 g/mol. The van der Waals surface area contributed by atoms with Crippen LogP contribution >= 0.6 is 0 Å². The van der Waals surface area contributed by atoms with Crippen molar-refractivity contribution in [1.29, 1.82) is 0 Å². The van der Waals surface area contributed by atoms with Crippen LogP contribution in [0, 0.1) is 0 Å². The lowest BCUT2D eigenvalue weighted by Crippen LogP contribution is -2.40. The number of amides is 1. The number of sulfonamides is 1. The van der Waals surface area contributed by atoms with Crippen LogP contribution in [0.1, 0.15) is 23.2 Å². The van der Waals surface area contributed by atoms with Gasteiger partial charge in [-0.1, -0.05) is 12.1 Å². The molecular weight excluding hydrogens is 408 g/mol. The van der Waals surface area contributed by atoms with Gasteiger partial charge < -0.3 is 19.5 Å². The van der Waals surface area contributed by atoms with Crippen molar-refractivity contribution in [3.05, 3.63) is 48.0 Å². The maximum atomic E-state index is 12.8. The molecule has 1 amide bonds. The zero-order valence-electron chi connectivity index (χ0n) is 16.7. The van der Waals surface area contributed by atoms with Gasteiger partial charge in [-0.25, -0.2) is 8.42 Å². The van der Waals surface area contributed by atoms with Crippen LogP contribution in [0.25, 0.3) is 0 Å². The van der Waals surface area contributed by atoms with E-state index in [1.165, 1.54) is 29.6 Å². The zero-order valence-corrected chi connectivity index (χ0v) is 17.5. The first kappa shape index (κ1) is 20.5. The molecule has 2 aromatic carbocycles. The van der Waals surface area contributed by atoms with E-state index < -0.39 is 15.9 Å². The minimum Gasteiger partial charge on any atom is -0.496 e. The third kappa shape index (κ3) is 4.08. The van der Waals surface area contributed by atoms with Crippen LogP contribution in [-0.2, 0) is 10.0 Å². The average Bonchev–Trinajstić information content (AvgIpc) is 3.33. The van der Waals surface area contributed by atoms with Gasteiger partial charge in [-0.15, -0.1) is 0 Å². The standard InChI is InChI=1S/C21H24N2O6S/c1-27-18-9-8-16(30(25,26)23-10-4-5-11-23)12-17(18)21(24)22-13-15-14-28-19-6-2-3-7-20(19)29-15/h2-3,6-9,12,15H,4-5,10-11,13-14H2,1H3,(H,22,24). The highest BCUT2D eigenvalue weighted by Crippen LogP contribution is 2.31. The van der Waals surface area contributed by atoms with Gasteiger partial charge in [-0.2, -0.15) is 4.31 Å². The summed E-state index contributed by atoms with van der Waals surface area (Å²) in [5.74, 6) is 1.16. The fourth-order valence-corrected chi connectivity index (χ4v) is 5.11. The van der Waals surface area contributed by atoms with E-state index in [4.69, 9.17) is 14.2 Å². The number of para-hydroxylation sites is 2. The first-order chi connectivity index (χ1) is 14.5. The molecule has 1 N–H and O–H groups in total. The molecule has 0 saturated carbocycles. The molecule has 2 heterocycles. The fourth-order valence-electron chi connectivity index (χ4n) is 3.57. The van der Waals surface area contributed by atoms with Gasteiger partial charge in [0, 0.05) is 13.1 Å². The van der Waals surface area contributed by atoms with E-state index in [2.05, 4.69) is 5.32 Å². The molecule has 2 aliphatic heterocycles. The smallest absolute Gasteiger partial charge is 0.255 e. The topological polar surface area (TPSA) is 94.2 Å². The third-order valence-electron chi connectivity index (χ3n) is 5.18. The van der Waals surface area contributed by atoms with E-state index in [9.17, 15) is 13.2 Å². The van der Waals surface area contributed by atoms with Crippen LogP contribution in [0.2, 0.25) is 0 Å². The van der Waals surface area contributed by atoms with E-state index in [-0.39, 0.29) is 23.1 Å². The number of nitrogens with one attached hydrogen (secondary N) is 1. The molecule has 8 nitrogen and oxygen atoms in total. The van der Waals surface area contributed by atoms with Crippen molar-refractivity contribution in [1.82, 2.24) is 9.62 Å². The molecule has 0 aromatic heterocycles. The van der Waals surface area contributed by atoms with Gasteiger partial charge >= 0.3 is 0 Å². The Bertz CT molecular complexity index is 1030. The van der Waals surface area contributed by atoms with Crippen molar-refractivity contribution in [3.63, 3.8) is 0 Å². The van der Waals surface area contributed by atoms with Crippen LogP contribution in [0.5, 0.6) is 17.2 Å². The van der Waals surface area contributed by atoms with Crippen LogP contribution < -0.4 is 19.5 Å². The molecule has 4 rings (SSSR count). The quantitative estimate of drug-likeness (QED) is 0.751. The Kier molecular flexibility index (Phi) is 5.83. The van der Waals surface area contributed by atoms with Crippen molar-refractivity contribution in [2.75, 3.05) is 33.4 Å². The predicted molar refractivity (Wildman–Crippen MR) is 110 cm³/mol. The molecule has 2 aliphatic rings. The Hall–Kier alpha value is -2.78. The van der Waals surface area contributed by atoms with Crippen molar-refractivity contribution in [3.8, 4) is 17.2 Å². The number of nitrogens with zero attached hydrogens (tertiary/aromatic N) is 1. The molecule has 1 saturated heterocycles. The number of benzene rings is 2. The lowest BCUT2D eigenvalue weighted by Gasteiger charge is -2.26. The molecule has 1 fully saturated rings. The summed E-state index contributed by atoms with van der Waals surface area (Å²) in [6.45, 7) is 1.50. The van der Waals surface area contributed by atoms with Crippen LogP contribution in [0.15, 0.2) is 47.4 Å². The van der Waals surface area contributed by atoms with E-state index in [1.807, 2.05) is 18.2 Å². The Morgan fingerprint density at radius 1 is 1.17 bits per heavy atom. The lowest BCUT2D eigenvalue weighted by atomic mass is 10.2. The fraction of sp³-hybridized carbons (Fsp3) is 0.381. The van der Waals surface area contributed by atoms with Crippen LogP contribution in [-0.4, -0.2) is 58.1 Å². The highest BCUT2D eigenvalue weighted by molar-refractivity contribution is 7.89. The lowest BCUT2D eigenvalue weighted by molar-refractivity contribution is 0.0787. The molecule has 160 valence electrons. The van der Waals surface area contributed by atoms with Gasteiger partial charge in [-0.3, -0.25) is 4.79 Å². The zero-order chi connectivity index (χ0) is 21.1. The molecule has 1 unspecified atom stereocenters. The molecule has 0 bridgehead atoms. The van der Waals surface area contributed by atoms with Gasteiger partial charge in [0.15, 0.2) is 11.5 Å². The number of rotatable bonds is 6. The van der Waals surface area contributed by atoms with E-state index in [0.29, 0.717) is 36.9 Å². The van der Waals surface area contributed by atoms with E-state index in [0.717, 1.165) is 12.8 Å². The molecule has 30 heavy (non-hydrogen) atoms. The second-order valence-corrected chi connectivity index (χ2v) is 9.12. The SMILES string of the molecule is COc1ccc(S(=O)(=O)N2CCCC2)cc1C(=O)NCC1COc2ccccc2O1. The minimum atomic E-state index is -3.64. The number of fused-ring (bicyclic) bond motifs is 1. The van der Waals surface area contributed by atoms with E-state index in [1.54, 1.807) is 6.07 Å². The summed E-state index contributed by atoms with van der Waals surface area (Å²) in [6.07, 6.45) is 1.33. The summed E-state index contributed by atoms with van der Waals surface area (Å²) in [4.78, 5) is 12.9. The first-order valence-corrected chi connectivity index (χ1v) is 11.3. The second kappa shape index (κ2) is 8.53. The minimum absolute atomic E-state index is 0.0847. The number of carbonyl (C=O) groups excluding carboxylic acids is 1. The van der Waals surface area contributed by atoms with Gasteiger partial charge in [0.25, 0.3) is 5.91 Å². The van der Waals surface area contributed by atoms with Crippen LogP contribution in [0.4, 0.5) is 0 Å².